The summed E-state index contributed by atoms with van der Waals surface area (Å²) >= 11 is 9.38. The van der Waals surface area contributed by atoms with E-state index in [4.69, 9.17) is 0 Å². The summed E-state index contributed by atoms with van der Waals surface area (Å²) < 4.78 is 0.779. The van der Waals surface area contributed by atoms with Crippen LogP contribution in [0.5, 0.6) is 0 Å². The Hall–Kier alpha value is -0.780. The van der Waals surface area contributed by atoms with Crippen molar-refractivity contribution in [1.82, 2.24) is 5.32 Å². The monoisotopic (exact) mass is 369 g/mol. The zero-order chi connectivity index (χ0) is 14.8. The number of thiol groups is 1. The summed E-state index contributed by atoms with van der Waals surface area (Å²) in [4.78, 5) is 14.3. The van der Waals surface area contributed by atoms with Crippen LogP contribution in [0.2, 0.25) is 0 Å². The first kappa shape index (κ1) is 15.6. The van der Waals surface area contributed by atoms with Crippen molar-refractivity contribution in [2.75, 3.05) is 6.54 Å². The van der Waals surface area contributed by atoms with E-state index in [1.807, 2.05) is 18.2 Å². The molecule has 2 nitrogen and oxygen atoms in total. The van der Waals surface area contributed by atoms with Gasteiger partial charge in [-0.3, -0.25) is 4.79 Å². The standard InChI is InChI=1S/C15H16BrNOS2/c1-15(2,13-4-3-7-20-13)9-17-14(18)11-8-10(19)5-6-12(11)16/h3-8,19H,9H2,1-2H3,(H,17,18). The zero-order valence-electron chi connectivity index (χ0n) is 11.3. The van der Waals surface area contributed by atoms with E-state index in [-0.39, 0.29) is 11.3 Å². The van der Waals surface area contributed by atoms with Crippen LogP contribution in [0.1, 0.15) is 29.1 Å². The third kappa shape index (κ3) is 3.65. The first-order valence-corrected chi connectivity index (χ1v) is 8.33. The number of thiophene rings is 1. The van der Waals surface area contributed by atoms with Crippen LogP contribution in [0.15, 0.2) is 45.1 Å². The molecule has 0 aliphatic carbocycles. The highest BCUT2D eigenvalue weighted by atomic mass is 79.9. The molecular formula is C15H16BrNOS2. The minimum Gasteiger partial charge on any atom is -0.351 e. The van der Waals surface area contributed by atoms with Crippen LogP contribution in [0.4, 0.5) is 0 Å². The molecule has 0 saturated heterocycles. The molecule has 2 aromatic rings. The minimum absolute atomic E-state index is 0.0745. The van der Waals surface area contributed by atoms with Gasteiger partial charge in [-0.05, 0) is 45.6 Å². The first-order chi connectivity index (χ1) is 9.40. The van der Waals surface area contributed by atoms with Crippen LogP contribution in [0, 0.1) is 0 Å². The largest absolute Gasteiger partial charge is 0.351 e. The lowest BCUT2D eigenvalue weighted by atomic mass is 9.91. The Labute approximate surface area is 137 Å². The van der Waals surface area contributed by atoms with Crippen molar-refractivity contribution in [3.63, 3.8) is 0 Å². The third-order valence-electron chi connectivity index (χ3n) is 3.07. The lowest BCUT2D eigenvalue weighted by Crippen LogP contribution is -2.36. The SMILES string of the molecule is CC(C)(CNC(=O)c1cc(S)ccc1Br)c1cccs1. The molecule has 0 unspecified atom stereocenters. The fourth-order valence-electron chi connectivity index (χ4n) is 1.83. The minimum atomic E-state index is -0.0857. The van der Waals surface area contributed by atoms with Gasteiger partial charge in [-0.25, -0.2) is 0 Å². The van der Waals surface area contributed by atoms with Crippen LogP contribution in [-0.4, -0.2) is 12.5 Å². The van der Waals surface area contributed by atoms with E-state index in [1.165, 1.54) is 4.88 Å². The van der Waals surface area contributed by atoms with Crippen molar-refractivity contribution in [2.45, 2.75) is 24.2 Å². The molecule has 0 bridgehead atoms. The number of benzene rings is 1. The van der Waals surface area contributed by atoms with Gasteiger partial charge in [0, 0.05) is 26.2 Å². The molecule has 1 aromatic carbocycles. The van der Waals surface area contributed by atoms with Gasteiger partial charge in [-0.2, -0.15) is 0 Å². The Morgan fingerprint density at radius 3 is 2.80 bits per heavy atom. The molecule has 2 rings (SSSR count). The molecule has 0 fully saturated rings. The Morgan fingerprint density at radius 1 is 1.40 bits per heavy atom. The van der Waals surface area contributed by atoms with Gasteiger partial charge in [-0.1, -0.05) is 19.9 Å². The summed E-state index contributed by atoms with van der Waals surface area (Å²) in [7, 11) is 0. The predicted octanol–water partition coefficient (Wildman–Crippen LogP) is 4.51. The molecule has 1 aromatic heterocycles. The van der Waals surface area contributed by atoms with E-state index in [9.17, 15) is 4.79 Å². The second kappa shape index (κ2) is 6.33. The average Bonchev–Trinajstić information content (AvgIpc) is 2.93. The normalized spacial score (nSPS) is 11.4. The van der Waals surface area contributed by atoms with Gasteiger partial charge in [-0.15, -0.1) is 24.0 Å². The van der Waals surface area contributed by atoms with Gasteiger partial charge < -0.3 is 5.32 Å². The topological polar surface area (TPSA) is 29.1 Å². The number of rotatable bonds is 4. The highest BCUT2D eigenvalue weighted by Crippen LogP contribution is 2.27. The predicted molar refractivity (Wildman–Crippen MR) is 91.1 cm³/mol. The molecule has 0 radical (unpaired) electrons. The van der Waals surface area contributed by atoms with Crippen molar-refractivity contribution < 1.29 is 4.79 Å². The van der Waals surface area contributed by atoms with Crippen LogP contribution in [0.3, 0.4) is 0 Å². The lowest BCUT2D eigenvalue weighted by molar-refractivity contribution is 0.0945. The summed E-state index contributed by atoms with van der Waals surface area (Å²) in [5.41, 5.74) is 0.536. The molecule has 0 aliphatic rings. The van der Waals surface area contributed by atoms with Gasteiger partial charge in [0.05, 0.1) is 5.56 Å². The molecule has 5 heteroatoms. The second-order valence-corrected chi connectivity index (χ2v) is 7.53. The average molecular weight is 370 g/mol. The van der Waals surface area contributed by atoms with Gasteiger partial charge >= 0.3 is 0 Å². The second-order valence-electron chi connectivity index (χ2n) is 5.21. The highest BCUT2D eigenvalue weighted by Gasteiger charge is 2.23. The van der Waals surface area contributed by atoms with Gasteiger partial charge in [0.2, 0.25) is 0 Å². The third-order valence-corrected chi connectivity index (χ3v) is 5.28. The summed E-state index contributed by atoms with van der Waals surface area (Å²) in [5, 5.41) is 5.05. The van der Waals surface area contributed by atoms with Crippen molar-refractivity contribution >= 4 is 45.8 Å². The van der Waals surface area contributed by atoms with Crippen LogP contribution in [-0.2, 0) is 5.41 Å². The molecular weight excluding hydrogens is 354 g/mol. The Bertz CT molecular complexity index is 608. The quantitative estimate of drug-likeness (QED) is 0.762. The highest BCUT2D eigenvalue weighted by molar-refractivity contribution is 9.10. The number of halogens is 1. The number of hydrogen-bond donors (Lipinski definition) is 2. The fraction of sp³-hybridized carbons (Fsp3) is 0.267. The summed E-state index contributed by atoms with van der Waals surface area (Å²) in [6, 6.07) is 9.58. The summed E-state index contributed by atoms with van der Waals surface area (Å²) in [6.45, 7) is 4.85. The number of hydrogen-bond acceptors (Lipinski definition) is 3. The van der Waals surface area contributed by atoms with Gasteiger partial charge in [0.15, 0.2) is 0 Å². The van der Waals surface area contributed by atoms with Crippen molar-refractivity contribution in [3.05, 3.63) is 50.6 Å². The number of nitrogens with one attached hydrogen (secondary N) is 1. The summed E-state index contributed by atoms with van der Waals surface area (Å²) in [5.74, 6) is -0.0857. The Kier molecular flexibility index (Phi) is 4.94. The van der Waals surface area contributed by atoms with Gasteiger partial charge in [0.25, 0.3) is 5.91 Å². The van der Waals surface area contributed by atoms with E-state index in [0.29, 0.717) is 12.1 Å². The van der Waals surface area contributed by atoms with Gasteiger partial charge in [0.1, 0.15) is 0 Å². The molecule has 0 spiro atoms. The van der Waals surface area contributed by atoms with Crippen LogP contribution in [0.25, 0.3) is 0 Å². The van der Waals surface area contributed by atoms with E-state index >= 15 is 0 Å². The smallest absolute Gasteiger partial charge is 0.252 e. The van der Waals surface area contributed by atoms with E-state index < -0.39 is 0 Å². The molecule has 1 heterocycles. The Balaban J connectivity index is 2.07. The number of carbonyl (C=O) groups is 1. The molecule has 106 valence electrons. The van der Waals surface area contributed by atoms with Crippen LogP contribution >= 0.6 is 39.9 Å². The molecule has 1 amide bonds. The lowest BCUT2D eigenvalue weighted by Gasteiger charge is -2.23. The van der Waals surface area contributed by atoms with E-state index in [0.717, 1.165) is 9.37 Å². The van der Waals surface area contributed by atoms with Crippen molar-refractivity contribution in [3.8, 4) is 0 Å². The molecule has 0 saturated carbocycles. The van der Waals surface area contributed by atoms with E-state index in [1.54, 1.807) is 17.4 Å². The van der Waals surface area contributed by atoms with E-state index in [2.05, 4.69) is 59.2 Å². The molecule has 1 N–H and O–H groups in total. The number of amides is 1. The molecule has 0 aliphatic heterocycles. The first-order valence-electron chi connectivity index (χ1n) is 6.21. The fourth-order valence-corrected chi connectivity index (χ4v) is 3.32. The molecule has 0 atom stereocenters. The maximum atomic E-state index is 12.3. The van der Waals surface area contributed by atoms with Crippen molar-refractivity contribution in [2.24, 2.45) is 0 Å². The maximum Gasteiger partial charge on any atom is 0.252 e. The Morgan fingerprint density at radius 2 is 2.15 bits per heavy atom. The summed E-state index contributed by atoms with van der Waals surface area (Å²) in [6.07, 6.45) is 0. The number of carbonyl (C=O) groups excluding carboxylic acids is 1. The van der Waals surface area contributed by atoms with Crippen molar-refractivity contribution in [1.29, 1.82) is 0 Å². The zero-order valence-corrected chi connectivity index (χ0v) is 14.6. The van der Waals surface area contributed by atoms with Crippen LogP contribution < -0.4 is 5.32 Å². The maximum absolute atomic E-state index is 12.3. The molecule has 20 heavy (non-hydrogen) atoms.